The lowest BCUT2D eigenvalue weighted by atomic mass is 10.2. The Morgan fingerprint density at radius 1 is 1.60 bits per heavy atom. The van der Waals surface area contributed by atoms with Crippen molar-refractivity contribution in [3.63, 3.8) is 0 Å². The predicted molar refractivity (Wildman–Crippen MR) is 86.8 cm³/mol. The lowest BCUT2D eigenvalue weighted by molar-refractivity contribution is 0.0939. The molecular weight excluding hydrogens is 340 g/mol. The lowest BCUT2D eigenvalue weighted by Gasteiger charge is -2.20. The van der Waals surface area contributed by atoms with Gasteiger partial charge in [0, 0.05) is 22.0 Å². The third kappa shape index (κ3) is 3.65. The van der Waals surface area contributed by atoms with Crippen LogP contribution in [0.1, 0.15) is 36.5 Å². The molecule has 2 rings (SSSR count). The highest BCUT2D eigenvalue weighted by molar-refractivity contribution is 9.10. The van der Waals surface area contributed by atoms with Gasteiger partial charge in [0.1, 0.15) is 0 Å². The highest BCUT2D eigenvalue weighted by Crippen LogP contribution is 2.30. The summed E-state index contributed by atoms with van der Waals surface area (Å²) in [4.78, 5) is 16.5. The molecule has 1 heterocycles. The fraction of sp³-hybridized carbons (Fsp3) is 0.538. The Labute approximate surface area is 131 Å². The van der Waals surface area contributed by atoms with Crippen LogP contribution in [0, 0.1) is 0 Å². The van der Waals surface area contributed by atoms with Crippen LogP contribution < -0.4 is 16.6 Å². The van der Waals surface area contributed by atoms with Crippen LogP contribution in [-0.2, 0) is 0 Å². The molecule has 2 unspecified atom stereocenters. The number of carbonyl (C=O) groups is 1. The van der Waals surface area contributed by atoms with E-state index in [4.69, 9.17) is 5.84 Å². The molecule has 5 nitrogen and oxygen atoms in total. The van der Waals surface area contributed by atoms with Gasteiger partial charge in [0.05, 0.1) is 5.56 Å². The van der Waals surface area contributed by atoms with Gasteiger partial charge in [-0.3, -0.25) is 4.79 Å². The number of pyridine rings is 1. The summed E-state index contributed by atoms with van der Waals surface area (Å²) in [6.07, 6.45) is 4.98. The first-order chi connectivity index (χ1) is 9.65. The second-order valence-electron chi connectivity index (χ2n) is 4.70. The number of thioether (sulfide) groups is 1. The quantitative estimate of drug-likeness (QED) is 0.556. The Morgan fingerprint density at radius 2 is 2.40 bits per heavy atom. The van der Waals surface area contributed by atoms with E-state index in [0.29, 0.717) is 16.6 Å². The molecule has 1 aliphatic carbocycles. The van der Waals surface area contributed by atoms with Gasteiger partial charge in [0.25, 0.3) is 5.91 Å². The van der Waals surface area contributed by atoms with Crippen molar-refractivity contribution < 1.29 is 4.79 Å². The number of carbonyl (C=O) groups excluding carboxylic acids is 1. The average molecular weight is 359 g/mol. The maximum Gasteiger partial charge on any atom is 0.255 e. The third-order valence-electron chi connectivity index (χ3n) is 3.39. The van der Waals surface area contributed by atoms with Crippen LogP contribution in [-0.4, -0.2) is 27.9 Å². The summed E-state index contributed by atoms with van der Waals surface area (Å²) >= 11 is 5.25. The molecule has 0 radical (unpaired) electrons. The number of aromatic nitrogens is 1. The van der Waals surface area contributed by atoms with Gasteiger partial charge in [-0.2, -0.15) is 11.8 Å². The van der Waals surface area contributed by atoms with Gasteiger partial charge >= 0.3 is 0 Å². The largest absolute Gasteiger partial charge is 0.348 e. The molecule has 110 valence electrons. The lowest BCUT2D eigenvalue weighted by Crippen LogP contribution is -2.39. The summed E-state index contributed by atoms with van der Waals surface area (Å²) in [5.74, 6) is 6.75. The summed E-state index contributed by atoms with van der Waals surface area (Å²) in [6, 6.07) is 1.96. The minimum Gasteiger partial charge on any atom is -0.348 e. The number of amides is 1. The first kappa shape index (κ1) is 15.6. The normalized spacial score (nSPS) is 21.8. The average Bonchev–Trinajstić information content (AvgIpc) is 2.86. The van der Waals surface area contributed by atoms with Crippen LogP contribution in [0.2, 0.25) is 0 Å². The van der Waals surface area contributed by atoms with Crippen molar-refractivity contribution in [1.82, 2.24) is 10.3 Å². The molecule has 1 aromatic heterocycles. The Kier molecular flexibility index (Phi) is 5.68. The van der Waals surface area contributed by atoms with Crippen molar-refractivity contribution in [2.75, 3.05) is 11.2 Å². The molecule has 7 heteroatoms. The van der Waals surface area contributed by atoms with E-state index in [1.165, 1.54) is 12.8 Å². The third-order valence-corrected chi connectivity index (χ3v) is 5.14. The maximum absolute atomic E-state index is 12.4. The molecular formula is C13H19BrN4OS. The molecule has 2 atom stereocenters. The second kappa shape index (κ2) is 7.28. The summed E-state index contributed by atoms with van der Waals surface area (Å²) in [5.41, 5.74) is 2.93. The molecule has 0 spiro atoms. The highest BCUT2D eigenvalue weighted by atomic mass is 79.9. The standard InChI is InChI=1S/C13H19BrN4OS/c1-2-20-11-5-3-4-10(11)17-13(19)9-6-8(14)7-16-12(9)18-15/h6-7,10-11H,2-5,15H2,1H3,(H,16,18)(H,17,19). The summed E-state index contributed by atoms with van der Waals surface area (Å²) in [5, 5.41) is 3.63. The van der Waals surface area contributed by atoms with E-state index in [1.54, 1.807) is 12.3 Å². The predicted octanol–water partition coefficient (Wildman–Crippen LogP) is 2.53. The number of nitrogens with zero attached hydrogens (tertiary/aromatic N) is 1. The number of anilines is 1. The van der Waals surface area contributed by atoms with E-state index >= 15 is 0 Å². The molecule has 0 aromatic carbocycles. The molecule has 1 saturated carbocycles. The van der Waals surface area contributed by atoms with E-state index < -0.39 is 0 Å². The van der Waals surface area contributed by atoms with E-state index in [9.17, 15) is 4.79 Å². The zero-order chi connectivity index (χ0) is 14.5. The SMILES string of the molecule is CCSC1CCCC1NC(=O)c1cc(Br)cnc1NN. The molecule has 0 aliphatic heterocycles. The molecule has 4 N–H and O–H groups in total. The van der Waals surface area contributed by atoms with Gasteiger partial charge in [-0.05, 0) is 40.6 Å². The van der Waals surface area contributed by atoms with E-state index in [2.05, 4.69) is 38.6 Å². The maximum atomic E-state index is 12.4. The molecule has 1 aromatic rings. The van der Waals surface area contributed by atoms with Crippen molar-refractivity contribution in [2.45, 2.75) is 37.5 Å². The first-order valence-electron chi connectivity index (χ1n) is 6.70. The van der Waals surface area contributed by atoms with Gasteiger partial charge in [-0.25, -0.2) is 10.8 Å². The summed E-state index contributed by atoms with van der Waals surface area (Å²) in [7, 11) is 0. The molecule has 20 heavy (non-hydrogen) atoms. The van der Waals surface area contributed by atoms with Crippen molar-refractivity contribution in [3.8, 4) is 0 Å². The monoisotopic (exact) mass is 358 g/mol. The molecule has 0 saturated heterocycles. The molecule has 1 aliphatic rings. The first-order valence-corrected chi connectivity index (χ1v) is 8.54. The van der Waals surface area contributed by atoms with Gasteiger partial charge in [-0.15, -0.1) is 0 Å². The van der Waals surface area contributed by atoms with E-state index in [0.717, 1.165) is 16.6 Å². The fourth-order valence-corrected chi connectivity index (χ4v) is 4.01. The zero-order valence-electron chi connectivity index (χ0n) is 11.4. The van der Waals surface area contributed by atoms with Crippen LogP contribution in [0.15, 0.2) is 16.7 Å². The van der Waals surface area contributed by atoms with Crippen molar-refractivity contribution >= 4 is 39.4 Å². The van der Waals surface area contributed by atoms with E-state index in [-0.39, 0.29) is 11.9 Å². The Hall–Kier alpha value is -0.790. The number of nitrogen functional groups attached to an aromatic ring is 1. The minimum absolute atomic E-state index is 0.125. The van der Waals surface area contributed by atoms with Gasteiger partial charge in [-0.1, -0.05) is 13.3 Å². The number of nitrogens with two attached hydrogens (primary N) is 1. The van der Waals surface area contributed by atoms with Crippen molar-refractivity contribution in [1.29, 1.82) is 0 Å². The smallest absolute Gasteiger partial charge is 0.255 e. The van der Waals surface area contributed by atoms with Crippen LogP contribution >= 0.6 is 27.7 Å². The number of rotatable bonds is 5. The number of halogens is 1. The van der Waals surface area contributed by atoms with Crippen molar-refractivity contribution in [2.24, 2.45) is 5.84 Å². The van der Waals surface area contributed by atoms with E-state index in [1.807, 2.05) is 11.8 Å². The number of hydrazine groups is 1. The Morgan fingerprint density at radius 3 is 3.10 bits per heavy atom. The van der Waals surface area contributed by atoms with Crippen LogP contribution in [0.4, 0.5) is 5.82 Å². The minimum atomic E-state index is -0.125. The van der Waals surface area contributed by atoms with Crippen molar-refractivity contribution in [3.05, 3.63) is 22.3 Å². The fourth-order valence-electron chi connectivity index (χ4n) is 2.48. The second-order valence-corrected chi connectivity index (χ2v) is 7.13. The molecule has 1 fully saturated rings. The number of hydrogen-bond acceptors (Lipinski definition) is 5. The highest BCUT2D eigenvalue weighted by Gasteiger charge is 2.29. The Bertz CT molecular complexity index is 485. The summed E-state index contributed by atoms with van der Waals surface area (Å²) in [6.45, 7) is 2.15. The van der Waals surface area contributed by atoms with Crippen LogP contribution in [0.3, 0.4) is 0 Å². The molecule has 1 amide bonds. The zero-order valence-corrected chi connectivity index (χ0v) is 13.8. The molecule has 0 bridgehead atoms. The Balaban J connectivity index is 2.10. The number of nitrogens with one attached hydrogen (secondary N) is 2. The van der Waals surface area contributed by atoms with Crippen LogP contribution in [0.25, 0.3) is 0 Å². The summed E-state index contributed by atoms with van der Waals surface area (Å²) < 4.78 is 0.757. The van der Waals surface area contributed by atoms with Gasteiger partial charge in [0.15, 0.2) is 5.82 Å². The number of hydrogen-bond donors (Lipinski definition) is 3. The topological polar surface area (TPSA) is 80.0 Å². The van der Waals surface area contributed by atoms with Gasteiger partial charge in [0.2, 0.25) is 0 Å². The van der Waals surface area contributed by atoms with Gasteiger partial charge < -0.3 is 10.7 Å². The van der Waals surface area contributed by atoms with Crippen LogP contribution in [0.5, 0.6) is 0 Å².